The van der Waals surface area contributed by atoms with Crippen LogP contribution in [0.2, 0.25) is 5.02 Å². The lowest BCUT2D eigenvalue weighted by atomic mass is 10.0. The van der Waals surface area contributed by atoms with Gasteiger partial charge in [0, 0.05) is 30.6 Å². The SMILES string of the molecule is CCCNC(=O)[C@@H](Cc1ccccc1)N(Cc1ccccc1Cl)C(=O)CN(c1ccc(F)cc1)S(=O)(=O)c1ccc(OC)c(OC)c1. The van der Waals surface area contributed by atoms with Crippen LogP contribution >= 0.6 is 11.6 Å². The van der Waals surface area contributed by atoms with Gasteiger partial charge in [0.05, 0.1) is 24.8 Å². The molecule has 0 unspecified atom stereocenters. The Hall–Kier alpha value is -4.61. The van der Waals surface area contributed by atoms with Crippen LogP contribution < -0.4 is 19.1 Å². The maximum atomic E-state index is 14.5. The van der Waals surface area contributed by atoms with E-state index in [9.17, 15) is 22.4 Å². The van der Waals surface area contributed by atoms with Gasteiger partial charge in [0.1, 0.15) is 18.4 Å². The molecular formula is C35H37ClFN3O6S. The monoisotopic (exact) mass is 681 g/mol. The van der Waals surface area contributed by atoms with E-state index in [0.717, 1.165) is 22.0 Å². The summed E-state index contributed by atoms with van der Waals surface area (Å²) in [6.45, 7) is 1.51. The van der Waals surface area contributed by atoms with Crippen LogP contribution in [0.5, 0.6) is 11.5 Å². The third-order valence-electron chi connectivity index (χ3n) is 7.46. The zero-order valence-corrected chi connectivity index (χ0v) is 27.9. The Kier molecular flexibility index (Phi) is 12.2. The first-order chi connectivity index (χ1) is 22.6. The number of carbonyl (C=O) groups is 2. The van der Waals surface area contributed by atoms with Crippen LogP contribution in [0.4, 0.5) is 10.1 Å². The predicted octanol–water partition coefficient (Wildman–Crippen LogP) is 5.86. The number of carbonyl (C=O) groups excluding carboxylic acids is 2. The number of hydrogen-bond acceptors (Lipinski definition) is 6. The van der Waals surface area contributed by atoms with Crippen LogP contribution in [-0.4, -0.2) is 58.5 Å². The molecule has 0 fully saturated rings. The van der Waals surface area contributed by atoms with Crippen molar-refractivity contribution in [1.29, 1.82) is 0 Å². The minimum atomic E-state index is -4.45. The van der Waals surface area contributed by atoms with E-state index in [0.29, 0.717) is 29.3 Å². The largest absolute Gasteiger partial charge is 0.493 e. The first-order valence-corrected chi connectivity index (χ1v) is 16.8. The third kappa shape index (κ3) is 8.81. The number of rotatable bonds is 15. The van der Waals surface area contributed by atoms with Gasteiger partial charge >= 0.3 is 0 Å². The fourth-order valence-corrected chi connectivity index (χ4v) is 6.60. The second-order valence-electron chi connectivity index (χ2n) is 10.6. The second kappa shape index (κ2) is 16.3. The van der Waals surface area contributed by atoms with Crippen LogP contribution in [0.25, 0.3) is 0 Å². The molecule has 0 saturated carbocycles. The lowest BCUT2D eigenvalue weighted by Crippen LogP contribution is -2.53. The number of amides is 2. The van der Waals surface area contributed by atoms with E-state index < -0.39 is 40.2 Å². The number of halogens is 2. The first-order valence-electron chi connectivity index (χ1n) is 14.9. The molecule has 0 aliphatic heterocycles. The second-order valence-corrected chi connectivity index (χ2v) is 12.9. The van der Waals surface area contributed by atoms with Gasteiger partial charge in [-0.05, 0) is 60.0 Å². The van der Waals surface area contributed by atoms with Gasteiger partial charge in [-0.25, -0.2) is 12.8 Å². The number of ether oxygens (including phenoxy) is 2. The van der Waals surface area contributed by atoms with Crippen LogP contribution in [0.3, 0.4) is 0 Å². The first kappa shape index (κ1) is 35.2. The summed E-state index contributed by atoms with van der Waals surface area (Å²) in [5.74, 6) is -1.18. The zero-order chi connectivity index (χ0) is 34.0. The van der Waals surface area contributed by atoms with E-state index in [2.05, 4.69) is 5.32 Å². The van der Waals surface area contributed by atoms with Crippen molar-refractivity contribution in [3.05, 3.63) is 119 Å². The quantitative estimate of drug-likeness (QED) is 0.169. The summed E-state index contributed by atoms with van der Waals surface area (Å²) in [6, 6.07) is 23.9. The molecule has 0 heterocycles. The topological polar surface area (TPSA) is 105 Å². The van der Waals surface area contributed by atoms with Crippen molar-refractivity contribution in [2.45, 2.75) is 37.2 Å². The molecule has 0 radical (unpaired) electrons. The van der Waals surface area contributed by atoms with Gasteiger partial charge in [-0.2, -0.15) is 0 Å². The summed E-state index contributed by atoms with van der Waals surface area (Å²) in [4.78, 5) is 29.4. The third-order valence-corrected chi connectivity index (χ3v) is 9.59. The molecular weight excluding hydrogens is 645 g/mol. The van der Waals surface area contributed by atoms with Crippen LogP contribution in [-0.2, 0) is 32.6 Å². The molecule has 2 amide bonds. The van der Waals surface area contributed by atoms with Gasteiger partial charge in [-0.1, -0.05) is 67.1 Å². The zero-order valence-electron chi connectivity index (χ0n) is 26.4. The molecule has 4 rings (SSSR count). The van der Waals surface area contributed by atoms with Gasteiger partial charge in [-0.3, -0.25) is 13.9 Å². The Morgan fingerprint density at radius 2 is 1.55 bits per heavy atom. The molecule has 248 valence electrons. The maximum Gasteiger partial charge on any atom is 0.264 e. The van der Waals surface area contributed by atoms with Crippen LogP contribution in [0, 0.1) is 5.82 Å². The number of nitrogens with zero attached hydrogens (tertiary/aromatic N) is 2. The lowest BCUT2D eigenvalue weighted by molar-refractivity contribution is -0.140. The summed E-state index contributed by atoms with van der Waals surface area (Å²) >= 11 is 6.52. The number of benzene rings is 4. The summed E-state index contributed by atoms with van der Waals surface area (Å²) < 4.78 is 54.0. The normalized spacial score (nSPS) is 11.8. The summed E-state index contributed by atoms with van der Waals surface area (Å²) in [7, 11) is -1.66. The average Bonchev–Trinajstić information content (AvgIpc) is 3.08. The van der Waals surface area contributed by atoms with Crippen molar-refractivity contribution >= 4 is 39.1 Å². The molecule has 4 aromatic rings. The molecule has 0 aliphatic rings. The fourth-order valence-electron chi connectivity index (χ4n) is 4.97. The highest BCUT2D eigenvalue weighted by atomic mass is 35.5. The van der Waals surface area contributed by atoms with Crippen molar-refractivity contribution in [2.24, 2.45) is 0 Å². The lowest BCUT2D eigenvalue weighted by Gasteiger charge is -2.34. The number of methoxy groups -OCH3 is 2. The minimum Gasteiger partial charge on any atom is -0.493 e. The number of anilines is 1. The fraction of sp³-hybridized carbons (Fsp3) is 0.257. The Morgan fingerprint density at radius 3 is 2.19 bits per heavy atom. The Morgan fingerprint density at radius 1 is 0.894 bits per heavy atom. The van der Waals surface area contributed by atoms with Crippen molar-refractivity contribution in [3.8, 4) is 11.5 Å². The molecule has 1 atom stereocenters. The number of hydrogen-bond donors (Lipinski definition) is 1. The van der Waals surface area contributed by atoms with E-state index in [-0.39, 0.29) is 29.3 Å². The molecule has 0 aliphatic carbocycles. The molecule has 4 aromatic carbocycles. The van der Waals surface area contributed by atoms with Crippen LogP contribution in [0.15, 0.2) is 102 Å². The van der Waals surface area contributed by atoms with E-state index in [1.165, 1.54) is 49.5 Å². The molecule has 0 spiro atoms. The molecule has 0 bridgehead atoms. The Balaban J connectivity index is 1.82. The van der Waals surface area contributed by atoms with E-state index in [1.54, 1.807) is 24.3 Å². The van der Waals surface area contributed by atoms with Crippen molar-refractivity contribution < 1.29 is 31.9 Å². The van der Waals surface area contributed by atoms with Crippen LogP contribution in [0.1, 0.15) is 24.5 Å². The summed E-state index contributed by atoms with van der Waals surface area (Å²) in [5, 5.41) is 3.27. The molecule has 0 saturated heterocycles. The van der Waals surface area contributed by atoms with E-state index >= 15 is 0 Å². The smallest absolute Gasteiger partial charge is 0.264 e. The Labute approximate surface area is 279 Å². The van der Waals surface area contributed by atoms with Gasteiger partial charge in [0.15, 0.2) is 11.5 Å². The highest BCUT2D eigenvalue weighted by Gasteiger charge is 2.35. The molecule has 0 aromatic heterocycles. The number of nitrogens with one attached hydrogen (secondary N) is 1. The van der Waals surface area contributed by atoms with Gasteiger partial charge < -0.3 is 19.7 Å². The predicted molar refractivity (Wildman–Crippen MR) is 180 cm³/mol. The highest BCUT2D eigenvalue weighted by molar-refractivity contribution is 7.92. The highest BCUT2D eigenvalue weighted by Crippen LogP contribution is 2.32. The molecule has 9 nitrogen and oxygen atoms in total. The minimum absolute atomic E-state index is 0.0438. The summed E-state index contributed by atoms with van der Waals surface area (Å²) in [6.07, 6.45) is 0.829. The summed E-state index contributed by atoms with van der Waals surface area (Å²) in [5.41, 5.74) is 1.41. The molecule has 1 N–H and O–H groups in total. The van der Waals surface area contributed by atoms with Gasteiger partial charge in [-0.15, -0.1) is 0 Å². The standard InChI is InChI=1S/C35H37ClFN3O6S/c1-4-20-38-35(42)31(21-25-10-6-5-7-11-25)39(23-26-12-8-9-13-30(26)36)34(41)24-40(28-16-14-27(37)15-17-28)47(43,44)29-18-19-32(45-2)33(22-29)46-3/h5-19,22,31H,4,20-21,23-24H2,1-3H3,(H,38,42)/t31-/m1/s1. The molecule has 47 heavy (non-hydrogen) atoms. The van der Waals surface area contributed by atoms with Gasteiger partial charge in [0.2, 0.25) is 11.8 Å². The van der Waals surface area contributed by atoms with E-state index in [1.807, 2.05) is 37.3 Å². The van der Waals surface area contributed by atoms with Crippen molar-refractivity contribution in [2.75, 3.05) is 31.6 Å². The maximum absolute atomic E-state index is 14.5. The average molecular weight is 682 g/mol. The van der Waals surface area contributed by atoms with E-state index in [4.69, 9.17) is 21.1 Å². The molecule has 12 heteroatoms. The Bertz CT molecular complexity index is 1770. The van der Waals surface area contributed by atoms with Crippen molar-refractivity contribution in [3.63, 3.8) is 0 Å². The number of sulfonamides is 1. The van der Waals surface area contributed by atoms with Crippen molar-refractivity contribution in [1.82, 2.24) is 10.2 Å². The van der Waals surface area contributed by atoms with Gasteiger partial charge in [0.25, 0.3) is 10.0 Å².